The Morgan fingerprint density at radius 1 is 1.36 bits per heavy atom. The van der Waals surface area contributed by atoms with E-state index in [4.69, 9.17) is 4.74 Å². The number of likely N-dealkylation sites (N-methyl/N-ethyl adjacent to an activating group) is 1. The number of carbonyl (C=O) groups excluding carboxylic acids is 2. The number of nitrogens with zero attached hydrogens (tertiary/aromatic N) is 2. The lowest BCUT2D eigenvalue weighted by molar-refractivity contribution is -0.162. The SMILES string of the molecule is CN1C(=O)COC(C(=O)NCc2cccnc2)C1c1ccc(F)cc1. The van der Waals surface area contributed by atoms with E-state index in [2.05, 4.69) is 10.3 Å². The maximum Gasteiger partial charge on any atom is 0.251 e. The lowest BCUT2D eigenvalue weighted by Gasteiger charge is -2.38. The fourth-order valence-corrected chi connectivity index (χ4v) is 2.78. The van der Waals surface area contributed by atoms with Crippen molar-refractivity contribution in [3.05, 3.63) is 65.7 Å². The Hall–Kier alpha value is -2.80. The van der Waals surface area contributed by atoms with Crippen molar-refractivity contribution in [3.8, 4) is 0 Å². The van der Waals surface area contributed by atoms with E-state index in [9.17, 15) is 14.0 Å². The predicted octanol–water partition coefficient (Wildman–Crippen LogP) is 1.44. The van der Waals surface area contributed by atoms with Crippen LogP contribution in [0.1, 0.15) is 17.2 Å². The topological polar surface area (TPSA) is 71.5 Å². The monoisotopic (exact) mass is 343 g/mol. The molecule has 0 saturated carbocycles. The Bertz CT molecular complexity index is 752. The van der Waals surface area contributed by atoms with Gasteiger partial charge in [0.15, 0.2) is 6.10 Å². The maximum atomic E-state index is 13.2. The van der Waals surface area contributed by atoms with Gasteiger partial charge in [0.2, 0.25) is 5.91 Å². The Morgan fingerprint density at radius 2 is 2.12 bits per heavy atom. The van der Waals surface area contributed by atoms with Gasteiger partial charge in [0.1, 0.15) is 12.4 Å². The number of rotatable bonds is 4. The second kappa shape index (κ2) is 7.40. The summed E-state index contributed by atoms with van der Waals surface area (Å²) in [6.45, 7) is 0.138. The number of hydrogen-bond donors (Lipinski definition) is 1. The van der Waals surface area contributed by atoms with E-state index in [0.717, 1.165) is 5.56 Å². The standard InChI is InChI=1S/C18H18FN3O3/c1-22-15(23)11-25-17(16(22)13-4-6-14(19)7-5-13)18(24)21-10-12-3-2-8-20-9-12/h2-9,16-17H,10-11H2,1H3,(H,21,24). The summed E-state index contributed by atoms with van der Waals surface area (Å²) in [6.07, 6.45) is 2.44. The highest BCUT2D eigenvalue weighted by Gasteiger charge is 2.39. The summed E-state index contributed by atoms with van der Waals surface area (Å²) in [5.74, 6) is -0.949. The molecule has 1 N–H and O–H groups in total. The van der Waals surface area contributed by atoms with Crippen molar-refractivity contribution >= 4 is 11.8 Å². The first kappa shape index (κ1) is 17.0. The molecule has 25 heavy (non-hydrogen) atoms. The first-order valence-corrected chi connectivity index (χ1v) is 7.85. The molecule has 0 radical (unpaired) electrons. The number of halogens is 1. The van der Waals surface area contributed by atoms with Gasteiger partial charge in [0.05, 0.1) is 6.04 Å². The van der Waals surface area contributed by atoms with Crippen molar-refractivity contribution in [1.82, 2.24) is 15.2 Å². The minimum absolute atomic E-state index is 0.167. The van der Waals surface area contributed by atoms with E-state index in [1.54, 1.807) is 37.6 Å². The molecule has 2 heterocycles. The molecule has 1 fully saturated rings. The highest BCUT2D eigenvalue weighted by Crippen LogP contribution is 2.29. The summed E-state index contributed by atoms with van der Waals surface area (Å²) in [5.41, 5.74) is 1.49. The van der Waals surface area contributed by atoms with Crippen molar-refractivity contribution in [2.45, 2.75) is 18.7 Å². The Kier molecular flexibility index (Phi) is 5.04. The van der Waals surface area contributed by atoms with Gasteiger partial charge >= 0.3 is 0 Å². The first-order valence-electron chi connectivity index (χ1n) is 7.85. The van der Waals surface area contributed by atoms with E-state index in [1.165, 1.54) is 17.0 Å². The van der Waals surface area contributed by atoms with Gasteiger partial charge in [0.25, 0.3) is 5.91 Å². The normalized spacial score (nSPS) is 20.4. The molecule has 1 aromatic heterocycles. The Balaban J connectivity index is 1.78. The predicted molar refractivity (Wildman–Crippen MR) is 87.7 cm³/mol. The molecule has 0 bridgehead atoms. The minimum Gasteiger partial charge on any atom is -0.356 e. The van der Waals surface area contributed by atoms with Crippen LogP contribution in [0.2, 0.25) is 0 Å². The van der Waals surface area contributed by atoms with Crippen LogP contribution in [0.15, 0.2) is 48.8 Å². The number of morpholine rings is 1. The first-order chi connectivity index (χ1) is 12.1. The summed E-state index contributed by atoms with van der Waals surface area (Å²) in [7, 11) is 1.61. The van der Waals surface area contributed by atoms with Gasteiger partial charge in [-0.15, -0.1) is 0 Å². The van der Waals surface area contributed by atoms with E-state index < -0.39 is 12.1 Å². The molecule has 1 aliphatic rings. The molecule has 1 aromatic carbocycles. The summed E-state index contributed by atoms with van der Waals surface area (Å²) in [4.78, 5) is 30.0. The number of ether oxygens (including phenoxy) is 1. The number of hydrogen-bond acceptors (Lipinski definition) is 4. The number of pyridine rings is 1. The van der Waals surface area contributed by atoms with Crippen LogP contribution in [0.5, 0.6) is 0 Å². The quantitative estimate of drug-likeness (QED) is 0.912. The smallest absolute Gasteiger partial charge is 0.251 e. The molecule has 0 aliphatic carbocycles. The molecule has 1 saturated heterocycles. The van der Waals surface area contributed by atoms with Crippen LogP contribution in [0.3, 0.4) is 0 Å². The van der Waals surface area contributed by atoms with Gasteiger partial charge in [-0.1, -0.05) is 18.2 Å². The molecule has 1 aliphatic heterocycles. The van der Waals surface area contributed by atoms with Crippen LogP contribution in [0.25, 0.3) is 0 Å². The third kappa shape index (κ3) is 3.83. The van der Waals surface area contributed by atoms with Crippen LogP contribution in [0.4, 0.5) is 4.39 Å². The molecule has 130 valence electrons. The fourth-order valence-electron chi connectivity index (χ4n) is 2.78. The van der Waals surface area contributed by atoms with Crippen LogP contribution < -0.4 is 5.32 Å². The van der Waals surface area contributed by atoms with Crippen LogP contribution in [-0.4, -0.2) is 41.5 Å². The zero-order chi connectivity index (χ0) is 17.8. The largest absolute Gasteiger partial charge is 0.356 e. The van der Waals surface area contributed by atoms with Gasteiger partial charge in [0, 0.05) is 26.0 Å². The highest BCUT2D eigenvalue weighted by molar-refractivity contribution is 5.86. The van der Waals surface area contributed by atoms with E-state index >= 15 is 0 Å². The molecule has 3 rings (SSSR count). The minimum atomic E-state index is -0.871. The van der Waals surface area contributed by atoms with Gasteiger partial charge < -0.3 is 15.0 Å². The maximum absolute atomic E-state index is 13.2. The molecule has 2 amide bonds. The van der Waals surface area contributed by atoms with Crippen molar-refractivity contribution in [2.24, 2.45) is 0 Å². The molecule has 7 heteroatoms. The number of aromatic nitrogens is 1. The second-order valence-electron chi connectivity index (χ2n) is 5.81. The summed E-state index contributed by atoms with van der Waals surface area (Å²) >= 11 is 0. The Labute approximate surface area is 144 Å². The van der Waals surface area contributed by atoms with E-state index in [-0.39, 0.29) is 24.2 Å². The number of carbonyl (C=O) groups is 2. The number of nitrogens with one attached hydrogen (secondary N) is 1. The van der Waals surface area contributed by atoms with Crippen LogP contribution in [0, 0.1) is 5.82 Å². The zero-order valence-corrected chi connectivity index (χ0v) is 13.7. The zero-order valence-electron chi connectivity index (χ0n) is 13.7. The van der Waals surface area contributed by atoms with E-state index in [1.807, 2.05) is 6.07 Å². The average molecular weight is 343 g/mol. The second-order valence-corrected chi connectivity index (χ2v) is 5.81. The van der Waals surface area contributed by atoms with Gasteiger partial charge in [-0.25, -0.2) is 4.39 Å². The van der Waals surface area contributed by atoms with Gasteiger partial charge in [-0.3, -0.25) is 14.6 Å². The summed E-state index contributed by atoms with van der Waals surface area (Å²) in [5, 5.41) is 2.80. The van der Waals surface area contributed by atoms with Crippen molar-refractivity contribution in [1.29, 1.82) is 0 Å². The van der Waals surface area contributed by atoms with Crippen molar-refractivity contribution in [3.63, 3.8) is 0 Å². The lowest BCUT2D eigenvalue weighted by atomic mass is 9.97. The summed E-state index contributed by atoms with van der Waals surface area (Å²) in [6, 6.07) is 8.73. The third-order valence-corrected chi connectivity index (χ3v) is 4.14. The van der Waals surface area contributed by atoms with Crippen LogP contribution >= 0.6 is 0 Å². The van der Waals surface area contributed by atoms with Gasteiger partial charge in [-0.2, -0.15) is 0 Å². The van der Waals surface area contributed by atoms with Crippen LogP contribution in [-0.2, 0) is 20.9 Å². The number of amides is 2. The molecule has 6 nitrogen and oxygen atoms in total. The molecule has 0 spiro atoms. The fraction of sp³-hybridized carbons (Fsp3) is 0.278. The van der Waals surface area contributed by atoms with Gasteiger partial charge in [-0.05, 0) is 29.3 Å². The van der Waals surface area contributed by atoms with Crippen molar-refractivity contribution < 1.29 is 18.7 Å². The average Bonchev–Trinajstić information content (AvgIpc) is 2.63. The third-order valence-electron chi connectivity index (χ3n) is 4.14. The molecular weight excluding hydrogens is 325 g/mol. The van der Waals surface area contributed by atoms with Crippen molar-refractivity contribution in [2.75, 3.05) is 13.7 Å². The van der Waals surface area contributed by atoms with E-state index in [0.29, 0.717) is 12.1 Å². The highest BCUT2D eigenvalue weighted by atomic mass is 19.1. The molecule has 2 atom stereocenters. The number of benzene rings is 1. The molecule has 2 unspecified atom stereocenters. The lowest BCUT2D eigenvalue weighted by Crippen LogP contribution is -2.52. The molecule has 2 aromatic rings. The molecular formula is C18H18FN3O3. The summed E-state index contributed by atoms with van der Waals surface area (Å²) < 4.78 is 18.7. The Morgan fingerprint density at radius 3 is 2.80 bits per heavy atom.